The molecule has 1 aromatic rings. The Labute approximate surface area is 138 Å². The Morgan fingerprint density at radius 2 is 1.50 bits per heavy atom. The lowest BCUT2D eigenvalue weighted by atomic mass is 10.1. The van der Waals surface area contributed by atoms with Gasteiger partial charge in [0.2, 0.25) is 0 Å². The van der Waals surface area contributed by atoms with Crippen LogP contribution >= 0.6 is 0 Å². The van der Waals surface area contributed by atoms with Gasteiger partial charge < -0.3 is 5.11 Å². The van der Waals surface area contributed by atoms with Gasteiger partial charge in [0.15, 0.2) is 0 Å². The van der Waals surface area contributed by atoms with Crippen molar-refractivity contribution < 1.29 is 5.11 Å². The molecule has 1 rings (SSSR count). The van der Waals surface area contributed by atoms with Gasteiger partial charge in [-0.25, -0.2) is 0 Å². The van der Waals surface area contributed by atoms with Gasteiger partial charge in [-0.05, 0) is 22.4 Å². The Bertz CT molecular complexity index is 591. The van der Waals surface area contributed by atoms with E-state index in [1.54, 1.807) is 0 Å². The molecule has 0 aliphatic heterocycles. The second-order valence-corrected chi connectivity index (χ2v) is 18.0. The number of aliphatic hydroxyl groups is 1. The fourth-order valence-corrected chi connectivity index (χ4v) is 5.34. The maximum absolute atomic E-state index is 10.8. The summed E-state index contributed by atoms with van der Waals surface area (Å²) in [6, 6.07) is 9.88. The van der Waals surface area contributed by atoms with Crippen molar-refractivity contribution in [3.8, 4) is 0 Å². The van der Waals surface area contributed by atoms with Crippen LogP contribution < -0.4 is 0 Å². The van der Waals surface area contributed by atoms with Crippen LogP contribution in [0, 0.1) is 0 Å². The first-order valence-corrected chi connectivity index (χ1v) is 15.1. The first kappa shape index (κ1) is 19.0. The van der Waals surface area contributed by atoms with E-state index in [0.717, 1.165) is 17.2 Å². The molecule has 0 fully saturated rings. The maximum Gasteiger partial charge on any atom is 0.104 e. The second kappa shape index (κ2) is 7.45. The van der Waals surface area contributed by atoms with E-state index >= 15 is 0 Å². The van der Waals surface area contributed by atoms with Crippen molar-refractivity contribution in [3.63, 3.8) is 0 Å². The quantitative estimate of drug-likeness (QED) is 0.559. The molecule has 1 aromatic carbocycles. The predicted octanol–water partition coefficient (Wildman–Crippen LogP) is 5.49. The van der Waals surface area contributed by atoms with Crippen LogP contribution in [0.15, 0.2) is 52.2 Å². The number of hydrogen-bond donors (Lipinski definition) is 1. The molecule has 0 aromatic heterocycles. The fraction of sp³-hybridized carbons (Fsp3) is 0.474. The molecule has 0 bridgehead atoms. The van der Waals surface area contributed by atoms with E-state index < -0.39 is 22.3 Å². The van der Waals surface area contributed by atoms with E-state index in [1.165, 1.54) is 5.20 Å². The number of benzene rings is 1. The minimum Gasteiger partial charge on any atom is -0.384 e. The molecule has 1 nitrogen and oxygen atoms in total. The smallest absolute Gasteiger partial charge is 0.104 e. The molecule has 0 amide bonds. The number of aliphatic hydroxyl groups excluding tert-OH is 1. The molecule has 3 heteroatoms. The normalized spacial score (nSPS) is 13.1. The van der Waals surface area contributed by atoms with Gasteiger partial charge in [0.25, 0.3) is 0 Å². The summed E-state index contributed by atoms with van der Waals surface area (Å²) in [6.45, 7) is 16.0. The van der Waals surface area contributed by atoms with E-state index in [-0.39, 0.29) is 0 Å². The van der Waals surface area contributed by atoms with Gasteiger partial charge in [-0.15, -0.1) is 0 Å². The van der Waals surface area contributed by atoms with Gasteiger partial charge in [-0.3, -0.25) is 0 Å². The molecule has 120 valence electrons. The molecule has 0 saturated heterocycles. The maximum atomic E-state index is 10.8. The SMILES string of the molecule is CCC(=C=C=C(C(O)c1ccccc1)[Si](C)(C)C)[Si](C)(C)C. The molecule has 0 spiro atoms. The van der Waals surface area contributed by atoms with E-state index in [1.807, 2.05) is 30.3 Å². The highest BCUT2D eigenvalue weighted by molar-refractivity contribution is 6.83. The molecular formula is C19H30OSi2. The number of hydrogen-bond acceptors (Lipinski definition) is 1. The molecule has 0 aliphatic carbocycles. The summed E-state index contributed by atoms with van der Waals surface area (Å²) >= 11 is 0. The third-order valence-electron chi connectivity index (χ3n) is 3.80. The molecule has 1 unspecified atom stereocenters. The van der Waals surface area contributed by atoms with E-state index in [4.69, 9.17) is 0 Å². The van der Waals surface area contributed by atoms with Gasteiger partial charge in [-0.2, -0.15) is 0 Å². The third kappa shape index (κ3) is 5.28. The molecule has 1 N–H and O–H groups in total. The second-order valence-electron chi connectivity index (χ2n) is 7.81. The highest BCUT2D eigenvalue weighted by atomic mass is 28.3. The Hall–Kier alpha value is -1.09. The molecule has 0 aliphatic rings. The first-order valence-electron chi connectivity index (χ1n) is 8.06. The predicted molar refractivity (Wildman–Crippen MR) is 102 cm³/mol. The third-order valence-corrected chi connectivity index (χ3v) is 8.11. The van der Waals surface area contributed by atoms with E-state index in [9.17, 15) is 5.11 Å². The highest BCUT2D eigenvalue weighted by Gasteiger charge is 2.27. The zero-order chi connectivity index (χ0) is 17.0. The molecular weight excluding hydrogens is 300 g/mol. The standard InChI is InChI=1S/C19H30OSi2/c1-8-17(21(2,3)4)14-15-18(22(5,6)7)19(20)16-12-10-9-11-13-16/h9-13,19-20H,8H2,1-7H3. The first-order chi connectivity index (χ1) is 10.1. The van der Waals surface area contributed by atoms with Crippen LogP contribution in [0.3, 0.4) is 0 Å². The average molecular weight is 331 g/mol. The molecule has 22 heavy (non-hydrogen) atoms. The fourth-order valence-electron chi connectivity index (χ4n) is 2.42. The number of rotatable bonds is 5. The van der Waals surface area contributed by atoms with Crippen LogP contribution in [0.1, 0.15) is 25.0 Å². The van der Waals surface area contributed by atoms with Crippen molar-refractivity contribution in [2.24, 2.45) is 0 Å². The molecule has 0 saturated carbocycles. The lowest BCUT2D eigenvalue weighted by Gasteiger charge is -2.24. The van der Waals surface area contributed by atoms with Crippen molar-refractivity contribution in [3.05, 3.63) is 57.8 Å². The van der Waals surface area contributed by atoms with Crippen molar-refractivity contribution in [1.82, 2.24) is 0 Å². The van der Waals surface area contributed by atoms with Gasteiger partial charge in [0, 0.05) is 0 Å². The van der Waals surface area contributed by atoms with Crippen LogP contribution in [-0.2, 0) is 0 Å². The van der Waals surface area contributed by atoms with Gasteiger partial charge in [-0.1, -0.05) is 88.0 Å². The molecule has 0 heterocycles. The zero-order valence-corrected chi connectivity index (χ0v) is 17.1. The summed E-state index contributed by atoms with van der Waals surface area (Å²) in [5, 5.41) is 13.2. The Morgan fingerprint density at radius 3 is 1.91 bits per heavy atom. The Kier molecular flexibility index (Phi) is 6.42. The zero-order valence-electron chi connectivity index (χ0n) is 15.1. The largest absolute Gasteiger partial charge is 0.384 e. The topological polar surface area (TPSA) is 20.2 Å². The lowest BCUT2D eigenvalue weighted by Crippen LogP contribution is -2.28. The van der Waals surface area contributed by atoms with Crippen LogP contribution in [0.5, 0.6) is 0 Å². The van der Waals surface area contributed by atoms with E-state index in [2.05, 4.69) is 57.7 Å². The van der Waals surface area contributed by atoms with Crippen LogP contribution in [-0.4, -0.2) is 21.3 Å². The van der Waals surface area contributed by atoms with Gasteiger partial charge >= 0.3 is 0 Å². The van der Waals surface area contributed by atoms with Gasteiger partial charge in [0.05, 0.1) is 16.1 Å². The average Bonchev–Trinajstić information content (AvgIpc) is 2.41. The summed E-state index contributed by atoms with van der Waals surface area (Å²) in [5.41, 5.74) is 7.77. The minimum absolute atomic E-state index is 0.569. The van der Waals surface area contributed by atoms with Crippen LogP contribution in [0.4, 0.5) is 0 Å². The summed E-state index contributed by atoms with van der Waals surface area (Å²) in [5.74, 6) is 0. The monoisotopic (exact) mass is 330 g/mol. The van der Waals surface area contributed by atoms with Crippen molar-refractivity contribution in [2.45, 2.75) is 58.7 Å². The summed E-state index contributed by atoms with van der Waals surface area (Å²) in [4.78, 5) is 0. The number of allylic oxidation sites excluding steroid dienone is 1. The van der Waals surface area contributed by atoms with Crippen molar-refractivity contribution in [1.29, 1.82) is 0 Å². The summed E-state index contributed by atoms with van der Waals surface area (Å²) < 4.78 is 0. The Balaban J connectivity index is 3.49. The lowest BCUT2D eigenvalue weighted by molar-refractivity contribution is 0.222. The summed E-state index contributed by atoms with van der Waals surface area (Å²) in [7, 11) is -3.04. The van der Waals surface area contributed by atoms with Crippen LogP contribution in [0.2, 0.25) is 39.3 Å². The summed E-state index contributed by atoms with van der Waals surface area (Å²) in [6.07, 6.45) is 0.448. The molecule has 0 radical (unpaired) electrons. The highest BCUT2D eigenvalue weighted by Crippen LogP contribution is 2.28. The minimum atomic E-state index is -1.68. The van der Waals surface area contributed by atoms with Gasteiger partial charge in [0.1, 0.15) is 6.10 Å². The van der Waals surface area contributed by atoms with Crippen molar-refractivity contribution in [2.75, 3.05) is 0 Å². The Morgan fingerprint density at radius 1 is 0.955 bits per heavy atom. The van der Waals surface area contributed by atoms with Crippen molar-refractivity contribution >= 4 is 16.1 Å². The van der Waals surface area contributed by atoms with Crippen LogP contribution in [0.25, 0.3) is 0 Å². The molecule has 1 atom stereocenters. The van der Waals surface area contributed by atoms with E-state index in [0.29, 0.717) is 0 Å².